The summed E-state index contributed by atoms with van der Waals surface area (Å²) in [5, 5.41) is 0. The highest BCUT2D eigenvalue weighted by molar-refractivity contribution is 5.82. The zero-order valence-corrected chi connectivity index (χ0v) is 7.61. The second kappa shape index (κ2) is 2.47. The van der Waals surface area contributed by atoms with E-state index >= 15 is 0 Å². The molecule has 1 fully saturated rings. The van der Waals surface area contributed by atoms with Gasteiger partial charge in [-0.1, -0.05) is 26.0 Å². The molecule has 0 aromatic carbocycles. The molecule has 0 bridgehead atoms. The summed E-state index contributed by atoms with van der Waals surface area (Å²) in [6, 6.07) is 0. The number of Topliss-reactive ketones (excluding diaryl/α,β-unsaturated/α-hetero) is 1. The summed E-state index contributed by atoms with van der Waals surface area (Å²) in [6.45, 7) is 10.2. The molecule has 0 radical (unpaired) electrons. The van der Waals surface area contributed by atoms with Crippen LogP contribution in [0.25, 0.3) is 0 Å². The van der Waals surface area contributed by atoms with Gasteiger partial charge in [0.1, 0.15) is 5.78 Å². The van der Waals surface area contributed by atoms with Crippen LogP contribution in [-0.4, -0.2) is 5.78 Å². The first kappa shape index (κ1) is 8.51. The standard InChI is InChI=1S/C10H16O/c1-7(2)10(4)6-9(11)5-8(10)3/h8H,1,5-6H2,2-4H3/t8-,10+/m1/s1. The first-order valence-electron chi connectivity index (χ1n) is 4.14. The number of hydrogen-bond donors (Lipinski definition) is 0. The van der Waals surface area contributed by atoms with Crippen LogP contribution in [0.4, 0.5) is 0 Å². The molecule has 0 aliphatic heterocycles. The highest BCUT2D eigenvalue weighted by atomic mass is 16.1. The van der Waals surface area contributed by atoms with Gasteiger partial charge in [-0.15, -0.1) is 0 Å². The fraction of sp³-hybridized carbons (Fsp3) is 0.700. The molecule has 0 heterocycles. The molecular formula is C10H16O. The van der Waals surface area contributed by atoms with Gasteiger partial charge in [0.05, 0.1) is 0 Å². The summed E-state index contributed by atoms with van der Waals surface area (Å²) in [7, 11) is 0. The van der Waals surface area contributed by atoms with Crippen molar-refractivity contribution in [3.63, 3.8) is 0 Å². The molecule has 0 N–H and O–H groups in total. The van der Waals surface area contributed by atoms with E-state index in [1.165, 1.54) is 0 Å². The first-order chi connectivity index (χ1) is 4.97. The summed E-state index contributed by atoms with van der Waals surface area (Å²) >= 11 is 0. The Morgan fingerprint density at radius 3 is 2.45 bits per heavy atom. The number of allylic oxidation sites excluding steroid dienone is 1. The number of carbonyl (C=O) groups excluding carboxylic acids is 1. The molecule has 0 aromatic rings. The van der Waals surface area contributed by atoms with Crippen LogP contribution in [0.3, 0.4) is 0 Å². The fourth-order valence-corrected chi connectivity index (χ4v) is 1.79. The minimum atomic E-state index is 0.0804. The maximum Gasteiger partial charge on any atom is 0.134 e. The van der Waals surface area contributed by atoms with E-state index < -0.39 is 0 Å². The average Bonchev–Trinajstić information content (AvgIpc) is 2.08. The molecule has 11 heavy (non-hydrogen) atoms. The summed E-state index contributed by atoms with van der Waals surface area (Å²) in [5.74, 6) is 0.871. The monoisotopic (exact) mass is 152 g/mol. The average molecular weight is 152 g/mol. The summed E-state index contributed by atoms with van der Waals surface area (Å²) < 4.78 is 0. The Labute approximate surface area is 68.5 Å². The molecule has 0 amide bonds. The van der Waals surface area contributed by atoms with E-state index in [0.717, 1.165) is 12.0 Å². The van der Waals surface area contributed by atoms with Gasteiger partial charge in [0.15, 0.2) is 0 Å². The van der Waals surface area contributed by atoms with E-state index in [1.54, 1.807) is 0 Å². The van der Waals surface area contributed by atoms with Gasteiger partial charge in [0.25, 0.3) is 0 Å². The predicted molar refractivity (Wildman–Crippen MR) is 46.3 cm³/mol. The minimum Gasteiger partial charge on any atom is -0.300 e. The smallest absolute Gasteiger partial charge is 0.134 e. The van der Waals surface area contributed by atoms with Crippen LogP contribution in [-0.2, 0) is 4.79 Å². The molecule has 62 valence electrons. The largest absolute Gasteiger partial charge is 0.300 e. The topological polar surface area (TPSA) is 17.1 Å². The Bertz CT molecular complexity index is 205. The van der Waals surface area contributed by atoms with Crippen molar-refractivity contribution in [2.45, 2.75) is 33.6 Å². The third-order valence-electron chi connectivity index (χ3n) is 3.16. The molecule has 0 saturated heterocycles. The normalized spacial score (nSPS) is 37.7. The van der Waals surface area contributed by atoms with Crippen LogP contribution in [0, 0.1) is 11.3 Å². The van der Waals surface area contributed by atoms with Crippen molar-refractivity contribution in [2.24, 2.45) is 11.3 Å². The van der Waals surface area contributed by atoms with Crippen LogP contribution in [0.2, 0.25) is 0 Å². The molecule has 0 aromatic heterocycles. The van der Waals surface area contributed by atoms with Crippen molar-refractivity contribution in [3.05, 3.63) is 12.2 Å². The van der Waals surface area contributed by atoms with Crippen molar-refractivity contribution in [1.29, 1.82) is 0 Å². The quantitative estimate of drug-likeness (QED) is 0.528. The number of rotatable bonds is 1. The molecule has 1 aliphatic carbocycles. The van der Waals surface area contributed by atoms with Gasteiger partial charge in [-0.25, -0.2) is 0 Å². The maximum absolute atomic E-state index is 11.1. The minimum absolute atomic E-state index is 0.0804. The maximum atomic E-state index is 11.1. The summed E-state index contributed by atoms with van der Waals surface area (Å²) in [5.41, 5.74) is 1.23. The number of ketones is 1. The predicted octanol–water partition coefficient (Wildman–Crippen LogP) is 2.57. The van der Waals surface area contributed by atoms with E-state index in [-0.39, 0.29) is 5.41 Å². The van der Waals surface area contributed by atoms with Gasteiger partial charge >= 0.3 is 0 Å². The van der Waals surface area contributed by atoms with E-state index in [2.05, 4.69) is 20.4 Å². The number of carbonyl (C=O) groups is 1. The van der Waals surface area contributed by atoms with Crippen molar-refractivity contribution in [2.75, 3.05) is 0 Å². The van der Waals surface area contributed by atoms with Gasteiger partial charge in [0.2, 0.25) is 0 Å². The fourth-order valence-electron chi connectivity index (χ4n) is 1.79. The Morgan fingerprint density at radius 2 is 2.27 bits per heavy atom. The highest BCUT2D eigenvalue weighted by Crippen LogP contribution is 2.45. The van der Waals surface area contributed by atoms with Crippen LogP contribution < -0.4 is 0 Å². The van der Waals surface area contributed by atoms with Crippen LogP contribution >= 0.6 is 0 Å². The lowest BCUT2D eigenvalue weighted by Gasteiger charge is -2.28. The van der Waals surface area contributed by atoms with E-state index in [4.69, 9.17) is 0 Å². The van der Waals surface area contributed by atoms with E-state index in [0.29, 0.717) is 18.1 Å². The third kappa shape index (κ3) is 1.24. The zero-order chi connectivity index (χ0) is 8.65. The lowest BCUT2D eigenvalue weighted by Crippen LogP contribution is -2.20. The van der Waals surface area contributed by atoms with E-state index in [1.807, 2.05) is 6.92 Å². The molecule has 1 heteroatoms. The molecule has 0 unspecified atom stereocenters. The first-order valence-corrected chi connectivity index (χ1v) is 4.14. The van der Waals surface area contributed by atoms with Crippen LogP contribution in [0.5, 0.6) is 0 Å². The van der Waals surface area contributed by atoms with Gasteiger partial charge in [-0.2, -0.15) is 0 Å². The van der Waals surface area contributed by atoms with Crippen LogP contribution in [0.1, 0.15) is 33.6 Å². The van der Waals surface area contributed by atoms with Crippen molar-refractivity contribution < 1.29 is 4.79 Å². The molecule has 1 nitrogen and oxygen atoms in total. The van der Waals surface area contributed by atoms with Crippen molar-refractivity contribution in [3.8, 4) is 0 Å². The molecule has 2 atom stereocenters. The summed E-state index contributed by atoms with van der Waals surface area (Å²) in [6.07, 6.45) is 1.44. The molecule has 1 saturated carbocycles. The highest BCUT2D eigenvalue weighted by Gasteiger charge is 2.40. The van der Waals surface area contributed by atoms with Crippen LogP contribution in [0.15, 0.2) is 12.2 Å². The zero-order valence-electron chi connectivity index (χ0n) is 7.61. The molecular weight excluding hydrogens is 136 g/mol. The second-order valence-electron chi connectivity index (χ2n) is 4.02. The van der Waals surface area contributed by atoms with Gasteiger partial charge in [-0.05, 0) is 18.3 Å². The SMILES string of the molecule is C=C(C)[C@]1(C)CC(=O)C[C@H]1C. The molecule has 1 aliphatic rings. The van der Waals surface area contributed by atoms with Gasteiger partial charge in [0, 0.05) is 12.8 Å². The Hall–Kier alpha value is -0.590. The second-order valence-corrected chi connectivity index (χ2v) is 4.02. The molecule has 1 rings (SSSR count). The van der Waals surface area contributed by atoms with Gasteiger partial charge in [-0.3, -0.25) is 4.79 Å². The van der Waals surface area contributed by atoms with E-state index in [9.17, 15) is 4.79 Å². The summed E-state index contributed by atoms with van der Waals surface area (Å²) in [4.78, 5) is 11.1. The van der Waals surface area contributed by atoms with Gasteiger partial charge < -0.3 is 0 Å². The lowest BCUT2D eigenvalue weighted by atomic mass is 9.76. The van der Waals surface area contributed by atoms with Crippen molar-refractivity contribution >= 4 is 5.78 Å². The Kier molecular flexibility index (Phi) is 1.91. The van der Waals surface area contributed by atoms with Crippen molar-refractivity contribution in [1.82, 2.24) is 0 Å². The Balaban J connectivity index is 2.87. The lowest BCUT2D eigenvalue weighted by molar-refractivity contribution is -0.117. The Morgan fingerprint density at radius 1 is 1.73 bits per heavy atom. The third-order valence-corrected chi connectivity index (χ3v) is 3.16. The number of hydrogen-bond acceptors (Lipinski definition) is 1. The molecule has 0 spiro atoms.